The fourth-order valence-electron chi connectivity index (χ4n) is 2.49. The minimum absolute atomic E-state index is 0.000107. The van der Waals surface area contributed by atoms with E-state index in [2.05, 4.69) is 10.2 Å². The summed E-state index contributed by atoms with van der Waals surface area (Å²) in [5.41, 5.74) is 1.27. The number of ether oxygens (including phenoxy) is 2. The summed E-state index contributed by atoms with van der Waals surface area (Å²) < 4.78 is 9.64. The summed E-state index contributed by atoms with van der Waals surface area (Å²) in [6.45, 7) is 0. The van der Waals surface area contributed by atoms with E-state index in [9.17, 15) is 9.59 Å². The topological polar surface area (TPSA) is 84.5 Å². The lowest BCUT2D eigenvalue weighted by Gasteiger charge is -2.24. The number of carbonyl (C=O) groups is 2. The quantitative estimate of drug-likeness (QED) is 0.848. The van der Waals surface area contributed by atoms with Crippen LogP contribution < -0.4 is 4.90 Å². The summed E-state index contributed by atoms with van der Waals surface area (Å²) in [5, 5.41) is 8.01. The first-order chi connectivity index (χ1) is 12.1. The molecule has 0 atom stereocenters. The Labute approximate surface area is 148 Å². The summed E-state index contributed by atoms with van der Waals surface area (Å²) >= 11 is 6.39. The average molecular weight is 360 g/mol. The molecule has 3 rings (SSSR count). The van der Waals surface area contributed by atoms with E-state index < -0.39 is 11.9 Å². The smallest absolute Gasteiger partial charge is 0.355 e. The number of hydrogen-bond acceptors (Lipinski definition) is 6. The lowest BCUT2D eigenvalue weighted by atomic mass is 10.1. The van der Waals surface area contributed by atoms with Gasteiger partial charge in [-0.05, 0) is 24.3 Å². The molecule has 1 aliphatic rings. The molecule has 0 unspecified atom stereocenters. The predicted molar refractivity (Wildman–Crippen MR) is 92.9 cm³/mol. The molecule has 0 aliphatic carbocycles. The van der Waals surface area contributed by atoms with E-state index >= 15 is 0 Å². The largest absolute Gasteiger partial charge is 0.465 e. The van der Waals surface area contributed by atoms with Gasteiger partial charge in [-0.25, -0.2) is 9.59 Å². The van der Waals surface area contributed by atoms with E-state index in [4.69, 9.17) is 21.1 Å². The number of carbonyl (C=O) groups excluding carboxylic acids is 2. The number of nitrogens with one attached hydrogen (secondary N) is 1. The van der Waals surface area contributed by atoms with Gasteiger partial charge < -0.3 is 14.4 Å². The highest BCUT2D eigenvalue weighted by Crippen LogP contribution is 2.34. The van der Waals surface area contributed by atoms with Gasteiger partial charge in [-0.15, -0.1) is 0 Å². The van der Waals surface area contributed by atoms with Crippen LogP contribution in [0.4, 0.5) is 5.69 Å². The first kappa shape index (κ1) is 16.8. The standard InChI is InChI=1S/C17H14ClN3O4/c1-24-16(22)11-5-3-4-6-21(15(11)17(23)25-2)14-8-13-10(7-12(14)18)9-19-20-13/h3-9H,1-2H3,(H,19,20). The minimum Gasteiger partial charge on any atom is -0.465 e. The van der Waals surface area contributed by atoms with Crippen LogP contribution in [-0.2, 0) is 19.1 Å². The summed E-state index contributed by atoms with van der Waals surface area (Å²) in [4.78, 5) is 26.0. The van der Waals surface area contributed by atoms with Gasteiger partial charge in [0.25, 0.3) is 0 Å². The number of benzene rings is 1. The lowest BCUT2D eigenvalue weighted by Crippen LogP contribution is -2.27. The molecule has 0 fully saturated rings. The van der Waals surface area contributed by atoms with Crippen LogP contribution in [0.25, 0.3) is 10.9 Å². The molecule has 25 heavy (non-hydrogen) atoms. The molecule has 0 radical (unpaired) electrons. The Hall–Kier alpha value is -3.06. The number of rotatable bonds is 3. The van der Waals surface area contributed by atoms with E-state index in [1.165, 1.54) is 25.2 Å². The zero-order chi connectivity index (χ0) is 18.0. The predicted octanol–water partition coefficient (Wildman–Crippen LogP) is 2.71. The molecular weight excluding hydrogens is 346 g/mol. The molecule has 1 aromatic heterocycles. The van der Waals surface area contributed by atoms with Gasteiger partial charge in [0.15, 0.2) is 0 Å². The van der Waals surface area contributed by atoms with E-state index in [-0.39, 0.29) is 11.3 Å². The maximum atomic E-state index is 12.4. The van der Waals surface area contributed by atoms with Crippen molar-refractivity contribution in [1.29, 1.82) is 0 Å². The molecule has 0 bridgehead atoms. The average Bonchev–Trinajstić information content (AvgIpc) is 2.95. The third-order valence-corrected chi connectivity index (χ3v) is 3.96. The Balaban J connectivity index is 2.24. The molecule has 0 amide bonds. The van der Waals surface area contributed by atoms with Crippen LogP contribution in [0.15, 0.2) is 54.0 Å². The number of hydrogen-bond donors (Lipinski definition) is 1. The number of anilines is 1. The number of fused-ring (bicyclic) bond motifs is 1. The van der Waals surface area contributed by atoms with Gasteiger partial charge in [0.1, 0.15) is 5.70 Å². The highest BCUT2D eigenvalue weighted by Gasteiger charge is 2.28. The van der Waals surface area contributed by atoms with Crippen LogP contribution in [0.2, 0.25) is 5.02 Å². The fraction of sp³-hybridized carbons (Fsp3) is 0.118. The number of aromatic nitrogens is 2. The molecule has 128 valence electrons. The van der Waals surface area contributed by atoms with Gasteiger partial charge in [-0.1, -0.05) is 17.7 Å². The molecule has 0 spiro atoms. The van der Waals surface area contributed by atoms with Gasteiger partial charge in [-0.3, -0.25) is 5.10 Å². The van der Waals surface area contributed by atoms with Crippen molar-refractivity contribution in [1.82, 2.24) is 10.2 Å². The number of halogens is 1. The summed E-state index contributed by atoms with van der Waals surface area (Å²) in [6, 6.07) is 3.45. The molecule has 1 aliphatic heterocycles. The molecule has 0 saturated carbocycles. The van der Waals surface area contributed by atoms with Crippen LogP contribution >= 0.6 is 11.6 Å². The van der Waals surface area contributed by atoms with E-state index in [1.807, 2.05) is 0 Å². The zero-order valence-electron chi connectivity index (χ0n) is 13.4. The van der Waals surface area contributed by atoms with Gasteiger partial charge in [0.2, 0.25) is 0 Å². The maximum Gasteiger partial charge on any atom is 0.355 e. The lowest BCUT2D eigenvalue weighted by molar-refractivity contribution is -0.139. The first-order valence-electron chi connectivity index (χ1n) is 7.24. The Morgan fingerprint density at radius 3 is 2.64 bits per heavy atom. The van der Waals surface area contributed by atoms with Crippen molar-refractivity contribution in [3.05, 3.63) is 59.1 Å². The SMILES string of the molecule is COC(=O)C1=C(C(=O)OC)N(c2cc3[nH]ncc3cc2Cl)C=CC=C1. The van der Waals surface area contributed by atoms with Crippen LogP contribution in [0.5, 0.6) is 0 Å². The number of H-pyrrole nitrogens is 1. The van der Waals surface area contributed by atoms with Crippen LogP contribution in [-0.4, -0.2) is 36.4 Å². The molecule has 1 N–H and O–H groups in total. The van der Waals surface area contributed by atoms with Crippen molar-refractivity contribution in [3.8, 4) is 0 Å². The van der Waals surface area contributed by atoms with Crippen molar-refractivity contribution in [3.63, 3.8) is 0 Å². The molecule has 0 saturated heterocycles. The van der Waals surface area contributed by atoms with Crippen LogP contribution in [0.1, 0.15) is 0 Å². The molecule has 2 heterocycles. The van der Waals surface area contributed by atoms with Gasteiger partial charge in [-0.2, -0.15) is 5.10 Å². The van der Waals surface area contributed by atoms with Gasteiger partial charge in [0, 0.05) is 11.6 Å². The number of esters is 2. The Kier molecular flexibility index (Phi) is 4.58. The van der Waals surface area contributed by atoms with Crippen molar-refractivity contribution in [2.75, 3.05) is 19.1 Å². The van der Waals surface area contributed by atoms with E-state index in [1.54, 1.807) is 36.7 Å². The molecular formula is C17H14ClN3O4. The summed E-state index contributed by atoms with van der Waals surface area (Å²) in [6.07, 6.45) is 8.03. The van der Waals surface area contributed by atoms with Crippen molar-refractivity contribution in [2.45, 2.75) is 0 Å². The van der Waals surface area contributed by atoms with Crippen molar-refractivity contribution >= 4 is 40.1 Å². The second-order valence-electron chi connectivity index (χ2n) is 5.08. The summed E-state index contributed by atoms with van der Waals surface area (Å²) in [5.74, 6) is -1.36. The second kappa shape index (κ2) is 6.82. The van der Waals surface area contributed by atoms with Crippen LogP contribution in [0, 0.1) is 0 Å². The highest BCUT2D eigenvalue weighted by molar-refractivity contribution is 6.34. The molecule has 7 nitrogen and oxygen atoms in total. The van der Waals surface area contributed by atoms with Crippen molar-refractivity contribution in [2.24, 2.45) is 0 Å². The normalized spacial score (nSPS) is 14.0. The Bertz CT molecular complexity index is 943. The highest BCUT2D eigenvalue weighted by atomic mass is 35.5. The Morgan fingerprint density at radius 2 is 1.92 bits per heavy atom. The third-order valence-electron chi connectivity index (χ3n) is 3.66. The number of allylic oxidation sites excluding steroid dienone is 2. The second-order valence-corrected chi connectivity index (χ2v) is 5.48. The van der Waals surface area contributed by atoms with E-state index in [0.717, 1.165) is 10.9 Å². The van der Waals surface area contributed by atoms with Crippen LogP contribution in [0.3, 0.4) is 0 Å². The van der Waals surface area contributed by atoms with Crippen molar-refractivity contribution < 1.29 is 19.1 Å². The minimum atomic E-state index is -0.697. The monoisotopic (exact) mass is 359 g/mol. The third kappa shape index (κ3) is 3.01. The van der Waals surface area contributed by atoms with Gasteiger partial charge >= 0.3 is 11.9 Å². The zero-order valence-corrected chi connectivity index (χ0v) is 14.2. The molecule has 1 aromatic carbocycles. The molecule has 8 heteroatoms. The first-order valence-corrected chi connectivity index (χ1v) is 7.62. The summed E-state index contributed by atoms with van der Waals surface area (Å²) in [7, 11) is 2.48. The number of nitrogens with zero attached hydrogens (tertiary/aromatic N) is 2. The number of methoxy groups -OCH3 is 2. The number of aromatic amines is 1. The van der Waals surface area contributed by atoms with Gasteiger partial charge in [0.05, 0.1) is 42.2 Å². The maximum absolute atomic E-state index is 12.4. The molecule has 2 aromatic rings. The fourth-order valence-corrected chi connectivity index (χ4v) is 2.75. The van der Waals surface area contributed by atoms with E-state index in [0.29, 0.717) is 10.7 Å². The Morgan fingerprint density at radius 1 is 1.16 bits per heavy atom.